The van der Waals surface area contributed by atoms with Crippen molar-refractivity contribution in [3.8, 4) is 11.5 Å². The number of rotatable bonds is 2. The molecule has 0 spiro atoms. The number of carbonyl (C=O) groups excluding carboxylic acids is 1. The molecular formula is C10H11NO3. The lowest BCUT2D eigenvalue weighted by Crippen LogP contribution is -2.28. The van der Waals surface area contributed by atoms with Crippen molar-refractivity contribution in [2.75, 3.05) is 0 Å². The van der Waals surface area contributed by atoms with Crippen molar-refractivity contribution < 1.29 is 15.0 Å². The number of phenolic OH excluding ortho intramolecular Hbond substituents is 2. The lowest BCUT2D eigenvalue weighted by Gasteiger charge is -2.11. The van der Waals surface area contributed by atoms with Crippen LogP contribution < -0.4 is 5.73 Å². The highest BCUT2D eigenvalue weighted by atomic mass is 16.3. The van der Waals surface area contributed by atoms with E-state index in [0.717, 1.165) is 0 Å². The van der Waals surface area contributed by atoms with E-state index < -0.39 is 5.41 Å². The maximum absolute atomic E-state index is 11.2. The normalized spacial score (nSPS) is 17.7. The van der Waals surface area contributed by atoms with Crippen molar-refractivity contribution in [3.63, 3.8) is 0 Å². The van der Waals surface area contributed by atoms with Gasteiger partial charge in [0, 0.05) is 0 Å². The standard InChI is InChI=1S/C10H11NO3/c11-9(14)10(3-4-10)6-1-2-7(12)8(13)5-6/h1-2,5,12-13H,3-4H2,(H2,11,14). The zero-order valence-corrected chi connectivity index (χ0v) is 7.53. The Kier molecular flexibility index (Phi) is 1.67. The molecule has 4 N–H and O–H groups in total. The summed E-state index contributed by atoms with van der Waals surface area (Å²) in [6, 6.07) is 4.38. The van der Waals surface area contributed by atoms with E-state index in [9.17, 15) is 9.90 Å². The van der Waals surface area contributed by atoms with Gasteiger partial charge in [-0.25, -0.2) is 0 Å². The molecule has 74 valence electrons. The van der Waals surface area contributed by atoms with E-state index in [4.69, 9.17) is 10.8 Å². The molecule has 0 heterocycles. The first kappa shape index (κ1) is 8.87. The molecule has 1 fully saturated rings. The molecule has 0 radical (unpaired) electrons. The summed E-state index contributed by atoms with van der Waals surface area (Å²) in [5, 5.41) is 18.4. The highest BCUT2D eigenvalue weighted by molar-refractivity contribution is 5.90. The number of benzene rings is 1. The molecule has 14 heavy (non-hydrogen) atoms. The number of amides is 1. The van der Waals surface area contributed by atoms with E-state index >= 15 is 0 Å². The Bertz CT molecular complexity index is 396. The summed E-state index contributed by atoms with van der Waals surface area (Å²) in [5.74, 6) is -0.772. The van der Waals surface area contributed by atoms with Crippen LogP contribution in [0.15, 0.2) is 18.2 Å². The molecule has 0 atom stereocenters. The van der Waals surface area contributed by atoms with Crippen molar-refractivity contribution in [2.45, 2.75) is 18.3 Å². The number of carbonyl (C=O) groups is 1. The minimum atomic E-state index is -0.606. The van der Waals surface area contributed by atoms with E-state index in [2.05, 4.69) is 0 Å². The average molecular weight is 193 g/mol. The van der Waals surface area contributed by atoms with Crippen LogP contribution >= 0.6 is 0 Å². The van der Waals surface area contributed by atoms with Gasteiger partial charge in [-0.15, -0.1) is 0 Å². The number of aromatic hydroxyl groups is 2. The van der Waals surface area contributed by atoms with E-state index in [1.54, 1.807) is 6.07 Å². The van der Waals surface area contributed by atoms with Crippen LogP contribution in [-0.4, -0.2) is 16.1 Å². The molecule has 1 saturated carbocycles. The summed E-state index contributed by atoms with van der Waals surface area (Å²) in [4.78, 5) is 11.2. The molecule has 0 bridgehead atoms. The monoisotopic (exact) mass is 193 g/mol. The number of primary amides is 1. The Labute approximate surface area is 81.0 Å². The first-order chi connectivity index (χ1) is 6.56. The largest absolute Gasteiger partial charge is 0.504 e. The van der Waals surface area contributed by atoms with Crippen molar-refractivity contribution in [3.05, 3.63) is 23.8 Å². The third kappa shape index (κ3) is 1.11. The van der Waals surface area contributed by atoms with Gasteiger partial charge in [0.1, 0.15) is 0 Å². The Morgan fingerprint density at radius 2 is 1.93 bits per heavy atom. The molecule has 0 saturated heterocycles. The van der Waals surface area contributed by atoms with Gasteiger partial charge < -0.3 is 15.9 Å². The second-order valence-corrected chi connectivity index (χ2v) is 3.65. The van der Waals surface area contributed by atoms with Gasteiger partial charge in [0.05, 0.1) is 5.41 Å². The molecular weight excluding hydrogens is 182 g/mol. The second kappa shape index (κ2) is 2.64. The van der Waals surface area contributed by atoms with Crippen LogP contribution in [-0.2, 0) is 10.2 Å². The highest BCUT2D eigenvalue weighted by Gasteiger charge is 2.50. The van der Waals surface area contributed by atoms with Gasteiger partial charge in [-0.05, 0) is 30.5 Å². The van der Waals surface area contributed by atoms with Gasteiger partial charge in [-0.1, -0.05) is 6.07 Å². The summed E-state index contributed by atoms with van der Waals surface area (Å²) in [5.41, 5.74) is 5.34. The van der Waals surface area contributed by atoms with Crippen LogP contribution in [0.1, 0.15) is 18.4 Å². The number of hydrogen-bond donors (Lipinski definition) is 3. The fourth-order valence-corrected chi connectivity index (χ4v) is 1.62. The Morgan fingerprint density at radius 1 is 1.29 bits per heavy atom. The minimum absolute atomic E-state index is 0.186. The first-order valence-corrected chi connectivity index (χ1v) is 4.39. The summed E-state index contributed by atoms with van der Waals surface area (Å²) >= 11 is 0. The molecule has 4 nitrogen and oxygen atoms in total. The maximum atomic E-state index is 11.2. The molecule has 2 rings (SSSR count). The third-order valence-corrected chi connectivity index (χ3v) is 2.75. The van der Waals surface area contributed by atoms with Crippen molar-refractivity contribution >= 4 is 5.91 Å². The summed E-state index contributed by atoms with van der Waals surface area (Å²) in [6.45, 7) is 0. The second-order valence-electron chi connectivity index (χ2n) is 3.65. The maximum Gasteiger partial charge on any atom is 0.228 e. The van der Waals surface area contributed by atoms with E-state index in [-0.39, 0.29) is 17.4 Å². The van der Waals surface area contributed by atoms with E-state index in [0.29, 0.717) is 18.4 Å². The zero-order chi connectivity index (χ0) is 10.3. The molecule has 0 unspecified atom stereocenters. The van der Waals surface area contributed by atoms with Crippen LogP contribution in [0, 0.1) is 0 Å². The smallest absolute Gasteiger partial charge is 0.228 e. The van der Waals surface area contributed by atoms with Crippen LogP contribution in [0.25, 0.3) is 0 Å². The molecule has 1 aromatic rings. The lowest BCUT2D eigenvalue weighted by molar-refractivity contribution is -0.120. The minimum Gasteiger partial charge on any atom is -0.504 e. The predicted molar refractivity (Wildman–Crippen MR) is 49.9 cm³/mol. The quantitative estimate of drug-likeness (QED) is 0.602. The number of nitrogens with two attached hydrogens (primary N) is 1. The number of phenols is 2. The van der Waals surface area contributed by atoms with Gasteiger partial charge in [-0.2, -0.15) is 0 Å². The SMILES string of the molecule is NC(=O)C1(c2ccc(O)c(O)c2)CC1. The van der Waals surface area contributed by atoms with Crippen LogP contribution in [0.4, 0.5) is 0 Å². The van der Waals surface area contributed by atoms with Gasteiger partial charge in [-0.3, -0.25) is 4.79 Å². The Balaban J connectivity index is 2.43. The van der Waals surface area contributed by atoms with Gasteiger partial charge in [0.2, 0.25) is 5.91 Å². The van der Waals surface area contributed by atoms with E-state index in [1.807, 2.05) is 0 Å². The molecule has 0 aliphatic heterocycles. The topological polar surface area (TPSA) is 83.6 Å². The van der Waals surface area contributed by atoms with Crippen molar-refractivity contribution in [1.29, 1.82) is 0 Å². The average Bonchev–Trinajstić information content (AvgIpc) is 2.90. The lowest BCUT2D eigenvalue weighted by atomic mass is 9.95. The van der Waals surface area contributed by atoms with Crippen LogP contribution in [0.3, 0.4) is 0 Å². The van der Waals surface area contributed by atoms with Crippen molar-refractivity contribution in [1.82, 2.24) is 0 Å². The Morgan fingerprint density at radius 3 is 2.36 bits per heavy atom. The molecule has 0 aromatic heterocycles. The zero-order valence-electron chi connectivity index (χ0n) is 7.53. The first-order valence-electron chi connectivity index (χ1n) is 4.39. The van der Waals surface area contributed by atoms with Crippen LogP contribution in [0.2, 0.25) is 0 Å². The summed E-state index contributed by atoms with van der Waals surface area (Å²) in [7, 11) is 0. The third-order valence-electron chi connectivity index (χ3n) is 2.75. The molecule has 1 amide bonds. The molecule has 1 aromatic carbocycles. The fourth-order valence-electron chi connectivity index (χ4n) is 1.62. The highest BCUT2D eigenvalue weighted by Crippen LogP contribution is 2.49. The predicted octanol–water partition coefficient (Wildman–Crippen LogP) is 0.615. The molecule has 4 heteroatoms. The summed E-state index contributed by atoms with van der Waals surface area (Å²) < 4.78 is 0. The number of hydrogen-bond acceptors (Lipinski definition) is 3. The van der Waals surface area contributed by atoms with Gasteiger partial charge in [0.15, 0.2) is 11.5 Å². The Hall–Kier alpha value is -1.71. The van der Waals surface area contributed by atoms with E-state index in [1.165, 1.54) is 12.1 Å². The van der Waals surface area contributed by atoms with Gasteiger partial charge >= 0.3 is 0 Å². The van der Waals surface area contributed by atoms with Crippen LogP contribution in [0.5, 0.6) is 11.5 Å². The van der Waals surface area contributed by atoms with Gasteiger partial charge in [0.25, 0.3) is 0 Å². The molecule has 1 aliphatic rings. The molecule has 1 aliphatic carbocycles. The van der Waals surface area contributed by atoms with Crippen molar-refractivity contribution in [2.24, 2.45) is 5.73 Å². The fraction of sp³-hybridized carbons (Fsp3) is 0.300. The summed E-state index contributed by atoms with van der Waals surface area (Å²) in [6.07, 6.45) is 1.43.